The van der Waals surface area contributed by atoms with Crippen molar-refractivity contribution in [2.75, 3.05) is 0 Å². The highest BCUT2D eigenvalue weighted by atomic mass is 16.3. The summed E-state index contributed by atoms with van der Waals surface area (Å²) in [7, 11) is 0. The Bertz CT molecular complexity index is 739. The van der Waals surface area contributed by atoms with Gasteiger partial charge >= 0.3 is 0 Å². The Balaban J connectivity index is 1.57. The minimum Gasteiger partial charge on any atom is -0.508 e. The lowest BCUT2D eigenvalue weighted by Gasteiger charge is -2.53. The molecule has 3 heteroatoms. The lowest BCUT2D eigenvalue weighted by Crippen LogP contribution is -2.50. The largest absolute Gasteiger partial charge is 0.508 e. The van der Waals surface area contributed by atoms with Crippen molar-refractivity contribution in [2.24, 2.45) is 29.1 Å². The summed E-state index contributed by atoms with van der Waals surface area (Å²) in [6, 6.07) is 5.92. The maximum atomic E-state index is 11.5. The lowest BCUT2D eigenvalue weighted by molar-refractivity contribution is -0.111. The highest BCUT2D eigenvalue weighted by Crippen LogP contribution is 2.65. The zero-order valence-electron chi connectivity index (χ0n) is 18.7. The van der Waals surface area contributed by atoms with Gasteiger partial charge in [0.05, 0.1) is 11.7 Å². The van der Waals surface area contributed by atoms with Crippen LogP contribution in [0.4, 0.5) is 0 Å². The van der Waals surface area contributed by atoms with Crippen molar-refractivity contribution in [1.82, 2.24) is 0 Å². The Kier molecular flexibility index (Phi) is 5.53. The van der Waals surface area contributed by atoms with Crippen LogP contribution in [0.2, 0.25) is 0 Å². The van der Waals surface area contributed by atoms with Crippen LogP contribution in [0.3, 0.4) is 0 Å². The minimum atomic E-state index is -0.803. The van der Waals surface area contributed by atoms with Gasteiger partial charge in [-0.05, 0) is 97.8 Å². The molecular weight excluding hydrogens is 360 g/mol. The predicted molar refractivity (Wildman–Crippen MR) is 117 cm³/mol. The first kappa shape index (κ1) is 21.2. The number of aliphatic hydroxyl groups excluding tert-OH is 1. The van der Waals surface area contributed by atoms with Crippen molar-refractivity contribution >= 4 is 0 Å². The van der Waals surface area contributed by atoms with Gasteiger partial charge in [-0.25, -0.2) is 0 Å². The lowest BCUT2D eigenvalue weighted by atomic mass is 9.52. The van der Waals surface area contributed by atoms with E-state index < -0.39 is 11.7 Å². The number of benzene rings is 1. The van der Waals surface area contributed by atoms with E-state index in [1.54, 1.807) is 0 Å². The molecule has 2 saturated carbocycles. The third-order valence-corrected chi connectivity index (χ3v) is 8.87. The van der Waals surface area contributed by atoms with Crippen molar-refractivity contribution in [3.63, 3.8) is 0 Å². The zero-order valence-corrected chi connectivity index (χ0v) is 18.7. The van der Waals surface area contributed by atoms with Crippen molar-refractivity contribution < 1.29 is 15.3 Å². The average Bonchev–Trinajstić information content (AvgIpc) is 2.91. The normalized spacial score (nSPS) is 38.2. The predicted octanol–water partition coefficient (Wildman–Crippen LogP) is 5.41. The van der Waals surface area contributed by atoms with Crippen LogP contribution in [0.5, 0.6) is 5.75 Å². The van der Waals surface area contributed by atoms with Crippen molar-refractivity contribution in [2.45, 2.75) is 96.7 Å². The van der Waals surface area contributed by atoms with Gasteiger partial charge in [0.15, 0.2) is 0 Å². The molecule has 0 heterocycles. The zero-order chi connectivity index (χ0) is 21.0. The molecule has 3 aliphatic carbocycles. The van der Waals surface area contributed by atoms with Crippen LogP contribution in [-0.4, -0.2) is 27.0 Å². The summed E-state index contributed by atoms with van der Waals surface area (Å²) in [5.74, 6) is 2.58. The van der Waals surface area contributed by atoms with Gasteiger partial charge in [-0.2, -0.15) is 0 Å². The second-order valence-corrected chi connectivity index (χ2v) is 11.3. The van der Waals surface area contributed by atoms with Crippen LogP contribution in [0, 0.1) is 29.1 Å². The number of phenols is 1. The van der Waals surface area contributed by atoms with E-state index >= 15 is 0 Å². The third kappa shape index (κ3) is 3.63. The highest BCUT2D eigenvalue weighted by Gasteiger charge is 2.62. The quantitative estimate of drug-likeness (QED) is 0.619. The Labute approximate surface area is 176 Å². The molecule has 0 bridgehead atoms. The second-order valence-electron chi connectivity index (χ2n) is 11.3. The van der Waals surface area contributed by atoms with E-state index in [9.17, 15) is 15.3 Å². The Hall–Kier alpha value is -1.06. The number of hydrogen-bond donors (Lipinski definition) is 3. The SMILES string of the molecule is CC(C)CCC[C@](C)(O)[C@H]1[C@H](O)C[C@H]2[C@@H]3CCc4cc(O)ccc4[C@H]3CC[C@@]21C. The van der Waals surface area contributed by atoms with Crippen LogP contribution >= 0.6 is 0 Å². The number of fused-ring (bicyclic) bond motifs is 5. The Morgan fingerprint density at radius 3 is 2.72 bits per heavy atom. The standard InChI is InChI=1S/C26H40O3/c1-16(2)6-5-12-26(4,29)24-23(28)15-22-21-9-7-17-14-18(27)8-10-19(17)20(21)11-13-25(22,24)3/h8,10,14,16,20-24,27-29H,5-7,9,11-13,15H2,1-4H3/t20-,21-,22+,23-,24+,25+,26+/m1/s1. The molecule has 3 N–H and O–H groups in total. The molecule has 162 valence electrons. The molecule has 0 aliphatic heterocycles. The van der Waals surface area contributed by atoms with Crippen LogP contribution in [0.25, 0.3) is 0 Å². The minimum absolute atomic E-state index is 0.0103. The maximum absolute atomic E-state index is 11.5. The van der Waals surface area contributed by atoms with Gasteiger partial charge in [0.25, 0.3) is 0 Å². The molecule has 0 unspecified atom stereocenters. The number of rotatable bonds is 5. The molecule has 29 heavy (non-hydrogen) atoms. The number of aryl methyl sites for hydroxylation is 1. The summed E-state index contributed by atoms with van der Waals surface area (Å²) in [5.41, 5.74) is 1.94. The van der Waals surface area contributed by atoms with E-state index in [1.807, 2.05) is 19.1 Å². The van der Waals surface area contributed by atoms with Gasteiger partial charge in [-0.15, -0.1) is 0 Å². The fourth-order valence-corrected chi connectivity index (χ4v) is 7.73. The first-order valence-electron chi connectivity index (χ1n) is 11.9. The summed E-state index contributed by atoms with van der Waals surface area (Å²) >= 11 is 0. The number of phenolic OH excluding ortho intramolecular Hbond substituents is 1. The molecule has 2 fully saturated rings. The van der Waals surface area contributed by atoms with Crippen LogP contribution in [0.1, 0.15) is 89.7 Å². The van der Waals surface area contributed by atoms with E-state index in [1.165, 1.54) is 11.1 Å². The van der Waals surface area contributed by atoms with E-state index in [2.05, 4.69) is 26.8 Å². The van der Waals surface area contributed by atoms with E-state index in [-0.39, 0.29) is 11.3 Å². The monoisotopic (exact) mass is 400 g/mol. The highest BCUT2D eigenvalue weighted by molar-refractivity contribution is 5.40. The van der Waals surface area contributed by atoms with Gasteiger partial charge in [-0.1, -0.05) is 39.7 Å². The van der Waals surface area contributed by atoms with E-state index in [0.29, 0.717) is 29.4 Å². The smallest absolute Gasteiger partial charge is 0.115 e. The van der Waals surface area contributed by atoms with Gasteiger partial charge in [0.1, 0.15) is 5.75 Å². The molecule has 3 aliphatic rings. The van der Waals surface area contributed by atoms with Crippen molar-refractivity contribution in [3.05, 3.63) is 29.3 Å². The summed E-state index contributed by atoms with van der Waals surface area (Å²) in [6.45, 7) is 8.81. The summed E-state index contributed by atoms with van der Waals surface area (Å²) in [6.07, 6.45) is 7.72. The first-order chi connectivity index (χ1) is 13.6. The average molecular weight is 401 g/mol. The first-order valence-corrected chi connectivity index (χ1v) is 11.9. The molecule has 0 amide bonds. The van der Waals surface area contributed by atoms with Crippen molar-refractivity contribution in [1.29, 1.82) is 0 Å². The van der Waals surface area contributed by atoms with Crippen LogP contribution in [0.15, 0.2) is 18.2 Å². The summed E-state index contributed by atoms with van der Waals surface area (Å²) < 4.78 is 0. The van der Waals surface area contributed by atoms with Crippen LogP contribution < -0.4 is 0 Å². The number of aliphatic hydroxyl groups is 2. The van der Waals surface area contributed by atoms with E-state index in [0.717, 1.165) is 51.4 Å². The molecule has 3 nitrogen and oxygen atoms in total. The molecule has 4 rings (SSSR count). The molecular formula is C26H40O3. The summed E-state index contributed by atoms with van der Waals surface area (Å²) in [5, 5.41) is 32.5. The van der Waals surface area contributed by atoms with Gasteiger partial charge in [0, 0.05) is 5.92 Å². The molecule has 0 saturated heterocycles. The van der Waals surface area contributed by atoms with Crippen LogP contribution in [-0.2, 0) is 6.42 Å². The van der Waals surface area contributed by atoms with Gasteiger partial charge in [0.2, 0.25) is 0 Å². The maximum Gasteiger partial charge on any atom is 0.115 e. The summed E-state index contributed by atoms with van der Waals surface area (Å²) in [4.78, 5) is 0. The van der Waals surface area contributed by atoms with Gasteiger partial charge in [-0.3, -0.25) is 0 Å². The fourth-order valence-electron chi connectivity index (χ4n) is 7.73. The molecule has 1 aromatic carbocycles. The number of aromatic hydroxyl groups is 1. The topological polar surface area (TPSA) is 60.7 Å². The third-order valence-electron chi connectivity index (χ3n) is 8.87. The Morgan fingerprint density at radius 2 is 2.00 bits per heavy atom. The molecule has 7 atom stereocenters. The number of hydrogen-bond acceptors (Lipinski definition) is 3. The molecule has 0 spiro atoms. The Morgan fingerprint density at radius 1 is 1.24 bits per heavy atom. The van der Waals surface area contributed by atoms with Crippen molar-refractivity contribution in [3.8, 4) is 5.75 Å². The molecule has 1 aromatic rings. The second kappa shape index (κ2) is 7.57. The molecule has 0 radical (unpaired) electrons. The van der Waals surface area contributed by atoms with E-state index in [4.69, 9.17) is 0 Å². The fraction of sp³-hybridized carbons (Fsp3) is 0.769. The van der Waals surface area contributed by atoms with Gasteiger partial charge < -0.3 is 15.3 Å². The molecule has 0 aromatic heterocycles.